The quantitative estimate of drug-likeness (QED) is 0.649. The van der Waals surface area contributed by atoms with Crippen LogP contribution in [-0.2, 0) is 0 Å². The van der Waals surface area contributed by atoms with Gasteiger partial charge in [-0.3, -0.25) is 4.90 Å². The molecule has 0 saturated heterocycles. The van der Waals surface area contributed by atoms with Gasteiger partial charge in [0, 0.05) is 25.7 Å². The average molecular weight is 188 g/mol. The minimum atomic E-state index is -0.568. The predicted molar refractivity (Wildman–Crippen MR) is 56.7 cm³/mol. The zero-order valence-corrected chi connectivity index (χ0v) is 9.38. The van der Waals surface area contributed by atoms with E-state index in [0.717, 1.165) is 19.5 Å². The Bertz CT molecular complexity index is 129. The Labute approximate surface area is 81.9 Å². The van der Waals surface area contributed by atoms with Crippen LogP contribution in [-0.4, -0.2) is 41.3 Å². The fourth-order valence-electron chi connectivity index (χ4n) is 1.21. The molecule has 0 amide bonds. The average Bonchev–Trinajstić information content (AvgIpc) is 1.95. The number of hydrogen-bond donors (Lipinski definition) is 2. The summed E-state index contributed by atoms with van der Waals surface area (Å²) in [7, 11) is 0. The third-order valence-corrected chi connectivity index (χ3v) is 2.16. The molecule has 13 heavy (non-hydrogen) atoms. The standard InChI is InChI=1S/C10H24N2O/c1-9(2)12(8-6-11)7-5-10(3,4)13/h9,13H,5-8,11H2,1-4H3. The Hall–Kier alpha value is -0.120. The van der Waals surface area contributed by atoms with Crippen LogP contribution in [0.3, 0.4) is 0 Å². The molecule has 0 aliphatic carbocycles. The van der Waals surface area contributed by atoms with E-state index in [9.17, 15) is 5.11 Å². The lowest BCUT2D eigenvalue weighted by Crippen LogP contribution is -2.38. The van der Waals surface area contributed by atoms with E-state index < -0.39 is 5.60 Å². The molecule has 0 fully saturated rings. The Morgan fingerprint density at radius 2 is 1.85 bits per heavy atom. The van der Waals surface area contributed by atoms with Crippen molar-refractivity contribution in [3.05, 3.63) is 0 Å². The van der Waals surface area contributed by atoms with E-state index in [2.05, 4.69) is 18.7 Å². The second-order valence-electron chi connectivity index (χ2n) is 4.48. The lowest BCUT2D eigenvalue weighted by atomic mass is 10.1. The highest BCUT2D eigenvalue weighted by atomic mass is 16.3. The van der Waals surface area contributed by atoms with Crippen LogP contribution in [0.15, 0.2) is 0 Å². The van der Waals surface area contributed by atoms with Crippen molar-refractivity contribution in [2.75, 3.05) is 19.6 Å². The highest BCUT2D eigenvalue weighted by Gasteiger charge is 2.16. The summed E-state index contributed by atoms with van der Waals surface area (Å²) in [6.45, 7) is 10.5. The molecule has 0 saturated carbocycles. The van der Waals surface area contributed by atoms with Crippen molar-refractivity contribution < 1.29 is 5.11 Å². The van der Waals surface area contributed by atoms with Gasteiger partial charge in [-0.25, -0.2) is 0 Å². The van der Waals surface area contributed by atoms with Crippen LogP contribution in [0.4, 0.5) is 0 Å². The van der Waals surface area contributed by atoms with E-state index in [-0.39, 0.29) is 0 Å². The van der Waals surface area contributed by atoms with Crippen molar-refractivity contribution in [2.45, 2.75) is 45.8 Å². The maximum Gasteiger partial charge on any atom is 0.0603 e. The first kappa shape index (κ1) is 12.9. The summed E-state index contributed by atoms with van der Waals surface area (Å²) in [5.74, 6) is 0. The number of nitrogens with zero attached hydrogens (tertiary/aromatic N) is 1. The molecular formula is C10H24N2O. The van der Waals surface area contributed by atoms with Crippen LogP contribution in [0.5, 0.6) is 0 Å². The van der Waals surface area contributed by atoms with Crippen molar-refractivity contribution in [1.29, 1.82) is 0 Å². The summed E-state index contributed by atoms with van der Waals surface area (Å²) in [6.07, 6.45) is 0.797. The van der Waals surface area contributed by atoms with Gasteiger partial charge in [-0.15, -0.1) is 0 Å². The van der Waals surface area contributed by atoms with Gasteiger partial charge in [-0.05, 0) is 34.1 Å². The first-order valence-electron chi connectivity index (χ1n) is 5.03. The van der Waals surface area contributed by atoms with Crippen molar-refractivity contribution >= 4 is 0 Å². The smallest absolute Gasteiger partial charge is 0.0603 e. The minimum Gasteiger partial charge on any atom is -0.390 e. The van der Waals surface area contributed by atoms with Crippen molar-refractivity contribution in [3.8, 4) is 0 Å². The predicted octanol–water partition coefficient (Wildman–Crippen LogP) is 0.817. The highest BCUT2D eigenvalue weighted by Crippen LogP contribution is 2.09. The van der Waals surface area contributed by atoms with E-state index in [1.807, 2.05) is 13.8 Å². The van der Waals surface area contributed by atoms with Crippen LogP contribution in [0.2, 0.25) is 0 Å². The zero-order chi connectivity index (χ0) is 10.5. The lowest BCUT2D eigenvalue weighted by Gasteiger charge is -2.28. The molecule has 3 nitrogen and oxygen atoms in total. The molecule has 0 radical (unpaired) electrons. The summed E-state index contributed by atoms with van der Waals surface area (Å²) < 4.78 is 0. The lowest BCUT2D eigenvalue weighted by molar-refractivity contribution is 0.0537. The van der Waals surface area contributed by atoms with Gasteiger partial charge in [0.05, 0.1) is 5.60 Å². The van der Waals surface area contributed by atoms with Crippen LogP contribution in [0.25, 0.3) is 0 Å². The second kappa shape index (κ2) is 5.58. The van der Waals surface area contributed by atoms with Crippen molar-refractivity contribution in [1.82, 2.24) is 4.90 Å². The van der Waals surface area contributed by atoms with Crippen molar-refractivity contribution in [3.63, 3.8) is 0 Å². The van der Waals surface area contributed by atoms with Crippen molar-refractivity contribution in [2.24, 2.45) is 5.73 Å². The second-order valence-corrected chi connectivity index (χ2v) is 4.48. The number of hydrogen-bond acceptors (Lipinski definition) is 3. The van der Waals surface area contributed by atoms with Gasteiger partial charge in [0.25, 0.3) is 0 Å². The maximum absolute atomic E-state index is 9.56. The molecule has 0 aromatic carbocycles. The van der Waals surface area contributed by atoms with Gasteiger partial charge in [-0.2, -0.15) is 0 Å². The Morgan fingerprint density at radius 1 is 1.31 bits per heavy atom. The topological polar surface area (TPSA) is 49.5 Å². The summed E-state index contributed by atoms with van der Waals surface area (Å²) in [5, 5.41) is 9.56. The number of aliphatic hydroxyl groups is 1. The molecule has 0 aromatic rings. The number of rotatable bonds is 6. The molecule has 0 aliphatic rings. The SMILES string of the molecule is CC(C)N(CCN)CCC(C)(C)O. The van der Waals surface area contributed by atoms with Crippen LogP contribution >= 0.6 is 0 Å². The monoisotopic (exact) mass is 188 g/mol. The molecule has 3 N–H and O–H groups in total. The van der Waals surface area contributed by atoms with E-state index in [4.69, 9.17) is 5.73 Å². The first-order chi connectivity index (χ1) is 5.87. The summed E-state index contributed by atoms with van der Waals surface area (Å²) in [4.78, 5) is 2.29. The van der Waals surface area contributed by atoms with Gasteiger partial charge in [-0.1, -0.05) is 0 Å². The maximum atomic E-state index is 9.56. The molecule has 0 unspecified atom stereocenters. The third-order valence-electron chi connectivity index (χ3n) is 2.16. The van der Waals surface area contributed by atoms with Gasteiger partial charge in [0.2, 0.25) is 0 Å². The summed E-state index contributed by atoms with van der Waals surface area (Å²) >= 11 is 0. The fourth-order valence-corrected chi connectivity index (χ4v) is 1.21. The molecule has 0 aromatic heterocycles. The Balaban J connectivity index is 3.82. The van der Waals surface area contributed by atoms with Crippen LogP contribution in [0, 0.1) is 0 Å². The van der Waals surface area contributed by atoms with Gasteiger partial charge in [0.1, 0.15) is 0 Å². The van der Waals surface area contributed by atoms with Crippen LogP contribution < -0.4 is 5.73 Å². The minimum absolute atomic E-state index is 0.505. The molecule has 0 heterocycles. The Kier molecular flexibility index (Phi) is 5.53. The molecule has 0 bridgehead atoms. The summed E-state index contributed by atoms with van der Waals surface area (Å²) in [5.41, 5.74) is 4.93. The molecule has 0 rings (SSSR count). The van der Waals surface area contributed by atoms with Gasteiger partial charge >= 0.3 is 0 Å². The molecule has 3 heteroatoms. The van der Waals surface area contributed by atoms with Gasteiger partial charge < -0.3 is 10.8 Å². The highest BCUT2D eigenvalue weighted by molar-refractivity contribution is 4.70. The molecule has 0 spiro atoms. The fraction of sp³-hybridized carbons (Fsp3) is 1.00. The number of nitrogens with two attached hydrogens (primary N) is 1. The third kappa shape index (κ3) is 6.99. The zero-order valence-electron chi connectivity index (χ0n) is 9.38. The molecule has 0 aliphatic heterocycles. The van der Waals surface area contributed by atoms with E-state index in [1.165, 1.54) is 0 Å². The molecule has 0 atom stereocenters. The normalized spacial score (nSPS) is 12.9. The van der Waals surface area contributed by atoms with E-state index in [1.54, 1.807) is 0 Å². The molecule has 80 valence electrons. The Morgan fingerprint density at radius 3 is 2.15 bits per heavy atom. The van der Waals surface area contributed by atoms with Crippen LogP contribution in [0.1, 0.15) is 34.1 Å². The van der Waals surface area contributed by atoms with E-state index in [0.29, 0.717) is 12.6 Å². The van der Waals surface area contributed by atoms with Gasteiger partial charge in [0.15, 0.2) is 0 Å². The van der Waals surface area contributed by atoms with E-state index >= 15 is 0 Å². The largest absolute Gasteiger partial charge is 0.390 e. The first-order valence-corrected chi connectivity index (χ1v) is 5.03. The summed E-state index contributed by atoms with van der Waals surface area (Å²) in [6, 6.07) is 0.505. The molecular weight excluding hydrogens is 164 g/mol.